The van der Waals surface area contributed by atoms with Crippen LogP contribution in [0.4, 0.5) is 5.95 Å². The molecule has 1 fully saturated rings. The minimum atomic E-state index is -0.0413. The van der Waals surface area contributed by atoms with Gasteiger partial charge < -0.3 is 10.5 Å². The standard InChI is InChI=1S/C10H12ClN5O/c1-5-2-3-6(17-5)16-4-13-7-8(11)14-10(12)15-9(7)16/h4-6H,2-3H2,1H3,(H2,12,14,15). The summed E-state index contributed by atoms with van der Waals surface area (Å²) in [5, 5.41) is 0.275. The molecule has 3 rings (SSSR count). The maximum atomic E-state index is 5.96. The van der Waals surface area contributed by atoms with Crippen LogP contribution < -0.4 is 5.73 Å². The van der Waals surface area contributed by atoms with Gasteiger partial charge in [-0.05, 0) is 19.8 Å². The first kappa shape index (κ1) is 10.7. The molecule has 3 heterocycles. The molecule has 2 N–H and O–H groups in total. The zero-order chi connectivity index (χ0) is 12.0. The molecule has 0 spiro atoms. The summed E-state index contributed by atoms with van der Waals surface area (Å²) >= 11 is 5.96. The fourth-order valence-corrected chi connectivity index (χ4v) is 2.31. The van der Waals surface area contributed by atoms with Crippen molar-refractivity contribution >= 4 is 28.7 Å². The van der Waals surface area contributed by atoms with Crippen molar-refractivity contribution in [2.24, 2.45) is 0 Å². The Balaban J connectivity index is 2.11. The summed E-state index contributed by atoms with van der Waals surface area (Å²) in [5.74, 6) is 0.148. The Morgan fingerprint density at radius 3 is 3.00 bits per heavy atom. The normalized spacial score (nSPS) is 24.6. The van der Waals surface area contributed by atoms with Gasteiger partial charge >= 0.3 is 0 Å². The van der Waals surface area contributed by atoms with Crippen LogP contribution in [0.5, 0.6) is 0 Å². The van der Waals surface area contributed by atoms with Crippen LogP contribution in [0.15, 0.2) is 6.33 Å². The molecule has 2 atom stereocenters. The van der Waals surface area contributed by atoms with E-state index in [2.05, 4.69) is 21.9 Å². The molecular weight excluding hydrogens is 242 g/mol. The van der Waals surface area contributed by atoms with E-state index in [0.29, 0.717) is 11.2 Å². The van der Waals surface area contributed by atoms with Gasteiger partial charge in [0.1, 0.15) is 11.7 Å². The van der Waals surface area contributed by atoms with Crippen LogP contribution >= 0.6 is 11.6 Å². The van der Waals surface area contributed by atoms with Crippen molar-refractivity contribution in [2.45, 2.75) is 32.1 Å². The van der Waals surface area contributed by atoms with E-state index in [-0.39, 0.29) is 23.4 Å². The summed E-state index contributed by atoms with van der Waals surface area (Å²) in [7, 11) is 0. The van der Waals surface area contributed by atoms with E-state index in [4.69, 9.17) is 22.1 Å². The lowest BCUT2D eigenvalue weighted by Gasteiger charge is -2.12. The van der Waals surface area contributed by atoms with Crippen molar-refractivity contribution in [2.75, 3.05) is 5.73 Å². The Morgan fingerprint density at radius 1 is 1.47 bits per heavy atom. The van der Waals surface area contributed by atoms with Gasteiger partial charge in [-0.1, -0.05) is 11.6 Å². The summed E-state index contributed by atoms with van der Waals surface area (Å²) in [6.07, 6.45) is 3.85. The molecule has 0 aliphatic carbocycles. The molecule has 1 aliphatic rings. The summed E-state index contributed by atoms with van der Waals surface area (Å²) in [6.45, 7) is 2.05. The van der Waals surface area contributed by atoms with Crippen molar-refractivity contribution < 1.29 is 4.74 Å². The highest BCUT2D eigenvalue weighted by atomic mass is 35.5. The second kappa shape index (κ2) is 3.82. The number of aromatic nitrogens is 4. The largest absolute Gasteiger partial charge is 0.368 e. The number of halogens is 1. The van der Waals surface area contributed by atoms with Crippen molar-refractivity contribution in [1.82, 2.24) is 19.5 Å². The summed E-state index contributed by atoms with van der Waals surface area (Å²) in [5.41, 5.74) is 6.78. The molecule has 17 heavy (non-hydrogen) atoms. The average Bonchev–Trinajstić information content (AvgIpc) is 2.83. The molecule has 2 aromatic heterocycles. The lowest BCUT2D eigenvalue weighted by Crippen LogP contribution is -2.09. The molecule has 1 saturated heterocycles. The van der Waals surface area contributed by atoms with E-state index < -0.39 is 0 Å². The number of nitrogen functional groups attached to an aromatic ring is 1. The van der Waals surface area contributed by atoms with Gasteiger partial charge in [0, 0.05) is 0 Å². The monoisotopic (exact) mass is 253 g/mol. The number of hydrogen-bond acceptors (Lipinski definition) is 5. The quantitative estimate of drug-likeness (QED) is 0.784. The number of nitrogens with zero attached hydrogens (tertiary/aromatic N) is 4. The van der Waals surface area contributed by atoms with Crippen LogP contribution in [0.25, 0.3) is 11.2 Å². The van der Waals surface area contributed by atoms with Gasteiger partial charge in [0.05, 0.1) is 12.4 Å². The predicted octanol–water partition coefficient (Wildman–Crippen LogP) is 1.76. The summed E-state index contributed by atoms with van der Waals surface area (Å²) < 4.78 is 7.64. The number of nitrogens with two attached hydrogens (primary N) is 1. The average molecular weight is 254 g/mol. The van der Waals surface area contributed by atoms with Crippen molar-refractivity contribution in [3.05, 3.63) is 11.5 Å². The van der Waals surface area contributed by atoms with Gasteiger partial charge in [0.2, 0.25) is 5.95 Å². The predicted molar refractivity (Wildman–Crippen MR) is 63.6 cm³/mol. The van der Waals surface area contributed by atoms with Crippen LogP contribution in [-0.2, 0) is 4.74 Å². The van der Waals surface area contributed by atoms with Crippen LogP contribution in [0.1, 0.15) is 26.0 Å². The third-order valence-corrected chi connectivity index (χ3v) is 3.18. The zero-order valence-electron chi connectivity index (χ0n) is 9.30. The smallest absolute Gasteiger partial charge is 0.223 e. The summed E-state index contributed by atoms with van der Waals surface area (Å²) in [4.78, 5) is 12.2. The van der Waals surface area contributed by atoms with E-state index in [1.165, 1.54) is 0 Å². The van der Waals surface area contributed by atoms with Crippen molar-refractivity contribution in [1.29, 1.82) is 0 Å². The lowest BCUT2D eigenvalue weighted by molar-refractivity contribution is 0.0132. The van der Waals surface area contributed by atoms with E-state index >= 15 is 0 Å². The molecule has 0 bridgehead atoms. The molecule has 2 unspecified atom stereocenters. The fourth-order valence-electron chi connectivity index (χ4n) is 2.09. The Labute approximate surface area is 103 Å². The minimum absolute atomic E-state index is 0.0413. The Morgan fingerprint density at radius 2 is 2.29 bits per heavy atom. The minimum Gasteiger partial charge on any atom is -0.368 e. The van der Waals surface area contributed by atoms with Gasteiger partial charge in [0.15, 0.2) is 10.8 Å². The maximum absolute atomic E-state index is 5.96. The third-order valence-electron chi connectivity index (χ3n) is 2.92. The summed E-state index contributed by atoms with van der Waals surface area (Å²) in [6, 6.07) is 0. The van der Waals surface area contributed by atoms with Crippen LogP contribution in [-0.4, -0.2) is 25.6 Å². The number of rotatable bonds is 1. The maximum Gasteiger partial charge on any atom is 0.223 e. The van der Waals surface area contributed by atoms with Gasteiger partial charge in [-0.15, -0.1) is 0 Å². The van der Waals surface area contributed by atoms with Gasteiger partial charge in [-0.2, -0.15) is 9.97 Å². The molecule has 0 aromatic carbocycles. The highest BCUT2D eigenvalue weighted by Crippen LogP contribution is 2.31. The third kappa shape index (κ3) is 1.73. The number of hydrogen-bond donors (Lipinski definition) is 1. The van der Waals surface area contributed by atoms with Crippen molar-refractivity contribution in [3.63, 3.8) is 0 Å². The van der Waals surface area contributed by atoms with Gasteiger partial charge in [-0.3, -0.25) is 4.57 Å². The molecular formula is C10H12ClN5O. The number of anilines is 1. The highest BCUT2D eigenvalue weighted by molar-refractivity contribution is 6.33. The lowest BCUT2D eigenvalue weighted by atomic mass is 10.2. The number of fused-ring (bicyclic) bond motifs is 1. The molecule has 0 radical (unpaired) electrons. The molecule has 7 heteroatoms. The van der Waals surface area contributed by atoms with E-state index in [1.807, 2.05) is 4.57 Å². The second-order valence-electron chi connectivity index (χ2n) is 4.18. The molecule has 1 aliphatic heterocycles. The van der Waals surface area contributed by atoms with Gasteiger partial charge in [0.25, 0.3) is 0 Å². The molecule has 0 amide bonds. The van der Waals surface area contributed by atoms with E-state index in [1.54, 1.807) is 6.33 Å². The SMILES string of the molecule is CC1CCC(n2cnc3c(Cl)nc(N)nc32)O1. The highest BCUT2D eigenvalue weighted by Gasteiger charge is 2.25. The van der Waals surface area contributed by atoms with Crippen LogP contribution in [0.2, 0.25) is 5.15 Å². The first-order chi connectivity index (χ1) is 8.15. The Bertz CT molecular complexity index is 569. The topological polar surface area (TPSA) is 78.9 Å². The molecule has 90 valence electrons. The van der Waals surface area contributed by atoms with E-state index in [0.717, 1.165) is 12.8 Å². The number of imidazole rings is 1. The second-order valence-corrected chi connectivity index (χ2v) is 4.53. The van der Waals surface area contributed by atoms with Crippen molar-refractivity contribution in [3.8, 4) is 0 Å². The first-order valence-corrected chi connectivity index (χ1v) is 5.84. The molecule has 6 nitrogen and oxygen atoms in total. The van der Waals surface area contributed by atoms with Crippen LogP contribution in [0, 0.1) is 0 Å². The number of ether oxygens (including phenoxy) is 1. The Kier molecular flexibility index (Phi) is 2.41. The van der Waals surface area contributed by atoms with Crippen LogP contribution in [0.3, 0.4) is 0 Å². The Hall–Kier alpha value is -1.40. The van der Waals surface area contributed by atoms with Gasteiger partial charge in [-0.25, -0.2) is 4.98 Å². The zero-order valence-corrected chi connectivity index (χ0v) is 10.1. The van der Waals surface area contributed by atoms with E-state index in [9.17, 15) is 0 Å². The molecule has 2 aromatic rings. The first-order valence-electron chi connectivity index (χ1n) is 5.46. The molecule has 0 saturated carbocycles. The fraction of sp³-hybridized carbons (Fsp3) is 0.500.